The second-order valence-corrected chi connectivity index (χ2v) is 5.82. The van der Waals surface area contributed by atoms with E-state index in [1.165, 1.54) is 12.5 Å². The molecule has 1 aromatic carbocycles. The van der Waals surface area contributed by atoms with E-state index in [0.717, 1.165) is 24.1 Å². The minimum Gasteiger partial charge on any atom is -0.384 e. The molecule has 1 aliphatic heterocycles. The Morgan fingerprint density at radius 2 is 2.05 bits per heavy atom. The third kappa shape index (κ3) is 4.03. The summed E-state index contributed by atoms with van der Waals surface area (Å²) in [7, 11) is 0. The minimum absolute atomic E-state index is 0.165. The summed E-state index contributed by atoms with van der Waals surface area (Å²) < 4.78 is 1.09. The van der Waals surface area contributed by atoms with Gasteiger partial charge in [-0.1, -0.05) is 28.1 Å². The summed E-state index contributed by atoms with van der Waals surface area (Å²) in [5.74, 6) is -0.165. The van der Waals surface area contributed by atoms with Crippen LogP contribution in [0.2, 0.25) is 0 Å². The van der Waals surface area contributed by atoms with Crippen molar-refractivity contribution in [3.05, 3.63) is 34.3 Å². The van der Waals surface area contributed by atoms with E-state index in [2.05, 4.69) is 33.0 Å². The van der Waals surface area contributed by atoms with Crippen molar-refractivity contribution >= 4 is 21.8 Å². The summed E-state index contributed by atoms with van der Waals surface area (Å²) in [5, 5.41) is 9.29. The highest BCUT2D eigenvalue weighted by atomic mass is 79.9. The molecule has 1 aromatic rings. The summed E-state index contributed by atoms with van der Waals surface area (Å²) in [4.78, 5) is 15.7. The zero-order chi connectivity index (χ0) is 13.8. The summed E-state index contributed by atoms with van der Waals surface area (Å²) in [6.45, 7) is 5.51. The first-order valence-corrected chi connectivity index (χ1v) is 7.29. The van der Waals surface area contributed by atoms with Crippen LogP contribution in [0.25, 0.3) is 0 Å². The van der Waals surface area contributed by atoms with Gasteiger partial charge in [0.05, 0.1) is 0 Å². The van der Waals surface area contributed by atoms with E-state index in [0.29, 0.717) is 13.1 Å². The van der Waals surface area contributed by atoms with E-state index in [4.69, 9.17) is 0 Å². The Labute approximate surface area is 122 Å². The maximum Gasteiger partial charge on any atom is 0.251 e. The quantitative estimate of drug-likeness (QED) is 0.914. The van der Waals surface area contributed by atoms with Crippen molar-refractivity contribution in [2.75, 3.05) is 26.2 Å². The third-order valence-electron chi connectivity index (χ3n) is 3.34. The number of nitrogens with zero attached hydrogens (tertiary/aromatic N) is 2. The zero-order valence-corrected chi connectivity index (χ0v) is 12.6. The van der Waals surface area contributed by atoms with Crippen LogP contribution in [0.5, 0.6) is 0 Å². The van der Waals surface area contributed by atoms with Crippen LogP contribution in [0.4, 0.5) is 0 Å². The SMILES string of the molecule is CC(O)C(=O)N1CCN(Cc2cccc(Br)c2)CC1. The fourth-order valence-corrected chi connectivity index (χ4v) is 2.73. The predicted octanol–water partition coefficient (Wildman–Crippen LogP) is 1.47. The number of carbonyl (C=O) groups excluding carboxylic acids is 1. The summed E-state index contributed by atoms with van der Waals surface area (Å²) >= 11 is 3.47. The fraction of sp³-hybridized carbons (Fsp3) is 0.500. The molecule has 1 aliphatic rings. The number of halogens is 1. The lowest BCUT2D eigenvalue weighted by atomic mass is 10.2. The Hall–Kier alpha value is -0.910. The van der Waals surface area contributed by atoms with Crippen molar-refractivity contribution in [2.24, 2.45) is 0 Å². The van der Waals surface area contributed by atoms with Crippen molar-refractivity contribution < 1.29 is 9.90 Å². The normalized spacial score (nSPS) is 18.4. The van der Waals surface area contributed by atoms with Crippen LogP contribution in [0.15, 0.2) is 28.7 Å². The minimum atomic E-state index is -0.892. The lowest BCUT2D eigenvalue weighted by Gasteiger charge is -2.35. The van der Waals surface area contributed by atoms with E-state index < -0.39 is 6.10 Å². The molecular weight excluding hydrogens is 308 g/mol. The van der Waals surface area contributed by atoms with E-state index in [1.807, 2.05) is 12.1 Å². The number of rotatable bonds is 3. The number of benzene rings is 1. The molecule has 0 radical (unpaired) electrons. The van der Waals surface area contributed by atoms with Crippen LogP contribution in [-0.2, 0) is 11.3 Å². The number of carbonyl (C=O) groups is 1. The molecule has 1 heterocycles. The van der Waals surface area contributed by atoms with Gasteiger partial charge in [0.1, 0.15) is 6.10 Å². The number of piperazine rings is 1. The highest BCUT2D eigenvalue weighted by Gasteiger charge is 2.23. The number of aliphatic hydroxyl groups is 1. The smallest absolute Gasteiger partial charge is 0.251 e. The van der Waals surface area contributed by atoms with Gasteiger partial charge in [0.2, 0.25) is 0 Å². The summed E-state index contributed by atoms with van der Waals surface area (Å²) in [5.41, 5.74) is 1.27. The Morgan fingerprint density at radius 3 is 2.63 bits per heavy atom. The number of hydrogen-bond donors (Lipinski definition) is 1. The molecule has 4 nitrogen and oxygen atoms in total. The van der Waals surface area contributed by atoms with Gasteiger partial charge >= 0.3 is 0 Å². The number of amides is 1. The molecule has 0 bridgehead atoms. The third-order valence-corrected chi connectivity index (χ3v) is 3.83. The molecule has 1 unspecified atom stereocenters. The average Bonchev–Trinajstić information content (AvgIpc) is 2.39. The maximum atomic E-state index is 11.7. The van der Waals surface area contributed by atoms with Gasteiger partial charge < -0.3 is 10.0 Å². The standard InChI is InChI=1S/C14H19BrN2O2/c1-11(18)14(19)17-7-5-16(6-8-17)10-12-3-2-4-13(15)9-12/h2-4,9,11,18H,5-8,10H2,1H3. The van der Waals surface area contributed by atoms with E-state index in [1.54, 1.807) is 4.90 Å². The van der Waals surface area contributed by atoms with Gasteiger partial charge in [-0.2, -0.15) is 0 Å². The first-order valence-electron chi connectivity index (χ1n) is 6.50. The molecule has 0 spiro atoms. The van der Waals surface area contributed by atoms with Gasteiger partial charge in [-0.3, -0.25) is 9.69 Å². The molecule has 1 N–H and O–H groups in total. The van der Waals surface area contributed by atoms with Crippen LogP contribution < -0.4 is 0 Å². The summed E-state index contributed by atoms with van der Waals surface area (Å²) in [6.07, 6.45) is -0.892. The molecule has 1 amide bonds. The van der Waals surface area contributed by atoms with Gasteiger partial charge in [0.25, 0.3) is 5.91 Å². The Balaban J connectivity index is 1.85. The van der Waals surface area contributed by atoms with Gasteiger partial charge in [-0.05, 0) is 24.6 Å². The van der Waals surface area contributed by atoms with Crippen molar-refractivity contribution in [1.82, 2.24) is 9.80 Å². The van der Waals surface area contributed by atoms with Gasteiger partial charge in [0, 0.05) is 37.2 Å². The molecule has 19 heavy (non-hydrogen) atoms. The highest BCUT2D eigenvalue weighted by molar-refractivity contribution is 9.10. The number of aliphatic hydroxyl groups excluding tert-OH is 1. The van der Waals surface area contributed by atoms with Crippen LogP contribution in [0, 0.1) is 0 Å². The Bertz CT molecular complexity index is 443. The van der Waals surface area contributed by atoms with Crippen molar-refractivity contribution in [1.29, 1.82) is 0 Å². The first-order chi connectivity index (χ1) is 9.06. The Kier molecular flexibility index (Phi) is 4.96. The van der Waals surface area contributed by atoms with Gasteiger partial charge in [-0.25, -0.2) is 0 Å². The molecule has 1 fully saturated rings. The molecule has 2 rings (SSSR count). The van der Waals surface area contributed by atoms with Crippen LogP contribution in [-0.4, -0.2) is 53.1 Å². The molecule has 1 saturated heterocycles. The monoisotopic (exact) mass is 326 g/mol. The Morgan fingerprint density at radius 1 is 1.37 bits per heavy atom. The van der Waals surface area contributed by atoms with E-state index in [9.17, 15) is 9.90 Å². The molecule has 0 aromatic heterocycles. The van der Waals surface area contributed by atoms with E-state index >= 15 is 0 Å². The summed E-state index contributed by atoms with van der Waals surface area (Å²) in [6, 6.07) is 8.28. The molecule has 104 valence electrons. The zero-order valence-electron chi connectivity index (χ0n) is 11.1. The van der Waals surface area contributed by atoms with Crippen molar-refractivity contribution in [3.63, 3.8) is 0 Å². The average molecular weight is 327 g/mol. The number of hydrogen-bond acceptors (Lipinski definition) is 3. The van der Waals surface area contributed by atoms with Crippen molar-refractivity contribution in [2.45, 2.75) is 19.6 Å². The molecule has 0 aliphatic carbocycles. The first kappa shape index (κ1) is 14.5. The van der Waals surface area contributed by atoms with Gasteiger partial charge in [0.15, 0.2) is 0 Å². The van der Waals surface area contributed by atoms with Gasteiger partial charge in [-0.15, -0.1) is 0 Å². The largest absolute Gasteiger partial charge is 0.384 e. The molecule has 0 saturated carbocycles. The van der Waals surface area contributed by atoms with Crippen molar-refractivity contribution in [3.8, 4) is 0 Å². The second kappa shape index (κ2) is 6.50. The van der Waals surface area contributed by atoms with Crippen LogP contribution in [0.1, 0.15) is 12.5 Å². The lowest BCUT2D eigenvalue weighted by molar-refractivity contribution is -0.141. The van der Waals surface area contributed by atoms with E-state index in [-0.39, 0.29) is 5.91 Å². The highest BCUT2D eigenvalue weighted by Crippen LogP contribution is 2.14. The molecular formula is C14H19BrN2O2. The maximum absolute atomic E-state index is 11.7. The van der Waals surface area contributed by atoms with Crippen LogP contribution in [0.3, 0.4) is 0 Å². The molecule has 1 atom stereocenters. The lowest BCUT2D eigenvalue weighted by Crippen LogP contribution is -2.50. The predicted molar refractivity (Wildman–Crippen MR) is 77.7 cm³/mol. The molecule has 5 heteroatoms. The topological polar surface area (TPSA) is 43.8 Å². The van der Waals surface area contributed by atoms with Crippen LogP contribution >= 0.6 is 15.9 Å². The fourth-order valence-electron chi connectivity index (χ4n) is 2.28. The second-order valence-electron chi connectivity index (χ2n) is 4.91.